The third kappa shape index (κ3) is 4.65. The van der Waals surface area contributed by atoms with E-state index in [0.717, 1.165) is 11.6 Å². The first-order valence-electron chi connectivity index (χ1n) is 6.31. The molecule has 2 rings (SSSR count). The minimum absolute atomic E-state index is 0.118. The molecule has 1 aromatic carbocycles. The van der Waals surface area contributed by atoms with Gasteiger partial charge in [0.15, 0.2) is 0 Å². The molecule has 0 aliphatic carbocycles. The Morgan fingerprint density at radius 2 is 1.95 bits per heavy atom. The fourth-order valence-electron chi connectivity index (χ4n) is 1.56. The predicted molar refractivity (Wildman–Crippen MR) is 79.2 cm³/mol. The van der Waals surface area contributed by atoms with Crippen LogP contribution in [0.4, 0.5) is 0 Å². The first-order valence-corrected chi connectivity index (χ1v) is 7.13. The smallest absolute Gasteiger partial charge is 0.116 e. The maximum absolute atomic E-state index is 4.26. The third-order valence-corrected chi connectivity index (χ3v) is 3.62. The van der Waals surface area contributed by atoms with Crippen LogP contribution in [0.25, 0.3) is 0 Å². The standard InChI is InChI=1S/C15H19N3S/c1-15(2,3)18-10-12-6-4-5-7-13(12)19-14-8-9-16-11-17-14/h4-9,11,18H,10H2,1-3H3. The molecule has 0 amide bonds. The molecular formula is C15H19N3S. The molecule has 1 N–H and O–H groups in total. The van der Waals surface area contributed by atoms with Crippen molar-refractivity contribution in [1.29, 1.82) is 0 Å². The van der Waals surface area contributed by atoms with Gasteiger partial charge in [0, 0.05) is 23.2 Å². The fourth-order valence-corrected chi connectivity index (χ4v) is 2.43. The number of hydrogen-bond donors (Lipinski definition) is 1. The molecule has 0 saturated heterocycles. The van der Waals surface area contributed by atoms with Crippen molar-refractivity contribution < 1.29 is 0 Å². The minimum Gasteiger partial charge on any atom is -0.308 e. The van der Waals surface area contributed by atoms with E-state index < -0.39 is 0 Å². The molecule has 0 bridgehead atoms. The van der Waals surface area contributed by atoms with Gasteiger partial charge in [-0.25, -0.2) is 9.97 Å². The molecule has 0 radical (unpaired) electrons. The lowest BCUT2D eigenvalue weighted by molar-refractivity contribution is 0.422. The monoisotopic (exact) mass is 273 g/mol. The van der Waals surface area contributed by atoms with Crippen LogP contribution >= 0.6 is 11.8 Å². The summed E-state index contributed by atoms with van der Waals surface area (Å²) in [7, 11) is 0. The lowest BCUT2D eigenvalue weighted by Crippen LogP contribution is -2.35. The molecule has 0 aliphatic rings. The lowest BCUT2D eigenvalue weighted by atomic mass is 10.1. The number of aromatic nitrogens is 2. The zero-order chi connectivity index (χ0) is 13.7. The van der Waals surface area contributed by atoms with Crippen molar-refractivity contribution in [2.45, 2.75) is 42.8 Å². The Hall–Kier alpha value is -1.39. The van der Waals surface area contributed by atoms with Gasteiger partial charge in [-0.15, -0.1) is 0 Å². The Morgan fingerprint density at radius 3 is 2.63 bits per heavy atom. The largest absolute Gasteiger partial charge is 0.308 e. The number of rotatable bonds is 4. The van der Waals surface area contributed by atoms with Crippen LogP contribution in [0, 0.1) is 0 Å². The molecule has 0 unspecified atom stereocenters. The third-order valence-electron chi connectivity index (χ3n) is 2.55. The van der Waals surface area contributed by atoms with Gasteiger partial charge in [-0.2, -0.15) is 0 Å². The summed E-state index contributed by atoms with van der Waals surface area (Å²) < 4.78 is 0. The summed E-state index contributed by atoms with van der Waals surface area (Å²) in [6.45, 7) is 7.38. The number of nitrogens with one attached hydrogen (secondary N) is 1. The second kappa shape index (κ2) is 6.17. The molecule has 0 aliphatic heterocycles. The molecule has 1 heterocycles. The Kier molecular flexibility index (Phi) is 4.56. The highest BCUT2D eigenvalue weighted by Gasteiger charge is 2.10. The van der Waals surface area contributed by atoms with E-state index in [2.05, 4.69) is 60.3 Å². The van der Waals surface area contributed by atoms with E-state index in [4.69, 9.17) is 0 Å². The summed E-state index contributed by atoms with van der Waals surface area (Å²) in [5.74, 6) is 0. The Labute approximate surface area is 118 Å². The van der Waals surface area contributed by atoms with E-state index in [0.29, 0.717) is 0 Å². The summed E-state index contributed by atoms with van der Waals surface area (Å²) in [5, 5.41) is 4.49. The zero-order valence-electron chi connectivity index (χ0n) is 11.6. The summed E-state index contributed by atoms with van der Waals surface area (Å²) in [6, 6.07) is 10.3. The molecule has 0 spiro atoms. The van der Waals surface area contributed by atoms with Crippen LogP contribution in [-0.2, 0) is 6.54 Å². The predicted octanol–water partition coefficient (Wildman–Crippen LogP) is 3.52. The van der Waals surface area contributed by atoms with Crippen molar-refractivity contribution in [2.24, 2.45) is 0 Å². The Morgan fingerprint density at radius 1 is 1.16 bits per heavy atom. The van der Waals surface area contributed by atoms with Gasteiger partial charge in [0.25, 0.3) is 0 Å². The fraction of sp³-hybridized carbons (Fsp3) is 0.333. The normalized spacial score (nSPS) is 11.5. The van der Waals surface area contributed by atoms with Gasteiger partial charge in [0.2, 0.25) is 0 Å². The van der Waals surface area contributed by atoms with E-state index in [9.17, 15) is 0 Å². The second-order valence-corrected chi connectivity index (χ2v) is 6.42. The number of benzene rings is 1. The van der Waals surface area contributed by atoms with Crippen molar-refractivity contribution in [2.75, 3.05) is 0 Å². The van der Waals surface area contributed by atoms with Crippen molar-refractivity contribution in [3.05, 3.63) is 48.4 Å². The zero-order valence-corrected chi connectivity index (χ0v) is 12.4. The van der Waals surface area contributed by atoms with Crippen LogP contribution in [0.15, 0.2) is 52.8 Å². The molecule has 0 atom stereocenters. The summed E-state index contributed by atoms with van der Waals surface area (Å²) >= 11 is 1.67. The molecule has 2 aromatic rings. The highest BCUT2D eigenvalue weighted by Crippen LogP contribution is 2.28. The van der Waals surface area contributed by atoms with Gasteiger partial charge in [-0.05, 0) is 38.5 Å². The molecular weight excluding hydrogens is 254 g/mol. The molecule has 4 heteroatoms. The molecule has 100 valence electrons. The minimum atomic E-state index is 0.118. The summed E-state index contributed by atoms with van der Waals surface area (Å²) in [5.41, 5.74) is 1.41. The Balaban J connectivity index is 2.12. The first-order chi connectivity index (χ1) is 9.04. The molecule has 19 heavy (non-hydrogen) atoms. The van der Waals surface area contributed by atoms with E-state index in [1.165, 1.54) is 10.5 Å². The summed E-state index contributed by atoms with van der Waals surface area (Å²) in [4.78, 5) is 9.43. The average molecular weight is 273 g/mol. The van der Waals surface area contributed by atoms with Crippen molar-refractivity contribution in [1.82, 2.24) is 15.3 Å². The van der Waals surface area contributed by atoms with E-state index >= 15 is 0 Å². The van der Waals surface area contributed by atoms with Crippen LogP contribution in [0.3, 0.4) is 0 Å². The lowest BCUT2D eigenvalue weighted by Gasteiger charge is -2.21. The molecule has 3 nitrogen and oxygen atoms in total. The second-order valence-electron chi connectivity index (χ2n) is 5.36. The number of nitrogens with zero attached hydrogens (tertiary/aromatic N) is 2. The highest BCUT2D eigenvalue weighted by molar-refractivity contribution is 7.99. The maximum Gasteiger partial charge on any atom is 0.116 e. The van der Waals surface area contributed by atoms with Crippen LogP contribution in [-0.4, -0.2) is 15.5 Å². The van der Waals surface area contributed by atoms with Gasteiger partial charge in [0.05, 0.1) is 0 Å². The highest BCUT2D eigenvalue weighted by atomic mass is 32.2. The topological polar surface area (TPSA) is 37.8 Å². The van der Waals surface area contributed by atoms with Gasteiger partial charge >= 0.3 is 0 Å². The molecule has 0 saturated carbocycles. The van der Waals surface area contributed by atoms with Crippen LogP contribution in [0.2, 0.25) is 0 Å². The van der Waals surface area contributed by atoms with Gasteiger partial charge < -0.3 is 5.32 Å². The van der Waals surface area contributed by atoms with Crippen LogP contribution < -0.4 is 5.32 Å². The van der Waals surface area contributed by atoms with Crippen LogP contribution in [0.1, 0.15) is 26.3 Å². The van der Waals surface area contributed by atoms with Gasteiger partial charge in [-0.1, -0.05) is 30.0 Å². The summed E-state index contributed by atoms with van der Waals surface area (Å²) in [6.07, 6.45) is 3.35. The number of hydrogen-bond acceptors (Lipinski definition) is 4. The van der Waals surface area contributed by atoms with Crippen molar-refractivity contribution in [3.8, 4) is 0 Å². The van der Waals surface area contributed by atoms with Crippen molar-refractivity contribution in [3.63, 3.8) is 0 Å². The quantitative estimate of drug-likeness (QED) is 0.865. The SMILES string of the molecule is CC(C)(C)NCc1ccccc1Sc1ccncn1. The average Bonchev–Trinajstić information content (AvgIpc) is 2.38. The Bertz CT molecular complexity index is 520. The van der Waals surface area contributed by atoms with E-state index in [-0.39, 0.29) is 5.54 Å². The first kappa shape index (κ1) is 14.0. The van der Waals surface area contributed by atoms with E-state index in [1.54, 1.807) is 24.3 Å². The van der Waals surface area contributed by atoms with Crippen molar-refractivity contribution >= 4 is 11.8 Å². The van der Waals surface area contributed by atoms with E-state index in [1.807, 2.05) is 6.07 Å². The van der Waals surface area contributed by atoms with Gasteiger partial charge in [-0.3, -0.25) is 0 Å². The molecule has 0 fully saturated rings. The van der Waals surface area contributed by atoms with Gasteiger partial charge in [0.1, 0.15) is 11.4 Å². The molecule has 1 aromatic heterocycles. The van der Waals surface area contributed by atoms with Crippen LogP contribution in [0.5, 0.6) is 0 Å². The maximum atomic E-state index is 4.26.